The van der Waals surface area contributed by atoms with Crippen LogP contribution >= 0.6 is 0 Å². The Balaban J connectivity index is 1.26. The highest BCUT2D eigenvalue weighted by Gasteiger charge is 2.23. The molecule has 39 heavy (non-hydrogen) atoms. The fourth-order valence-corrected chi connectivity index (χ4v) is 4.66. The van der Waals surface area contributed by atoms with Gasteiger partial charge < -0.3 is 24.6 Å². The van der Waals surface area contributed by atoms with E-state index in [0.29, 0.717) is 25.3 Å². The van der Waals surface area contributed by atoms with E-state index in [9.17, 15) is 9.90 Å². The molecule has 3 heterocycles. The second-order valence-electron chi connectivity index (χ2n) is 9.72. The van der Waals surface area contributed by atoms with E-state index in [2.05, 4.69) is 5.32 Å². The van der Waals surface area contributed by atoms with Crippen molar-refractivity contribution in [3.05, 3.63) is 78.0 Å². The summed E-state index contributed by atoms with van der Waals surface area (Å²) in [4.78, 5) is 16.8. The van der Waals surface area contributed by atoms with Crippen molar-refractivity contribution in [2.24, 2.45) is 0 Å². The molecule has 0 bridgehead atoms. The van der Waals surface area contributed by atoms with E-state index in [1.807, 2.05) is 72.3 Å². The Kier molecular flexibility index (Phi) is 8.70. The van der Waals surface area contributed by atoms with Gasteiger partial charge in [0, 0.05) is 25.1 Å². The SMILES string of the molecule is CC(CCNC(=O)OCc1ccccc1)Oc1cnc2c(c1)c(-c1cccc(CO)c1)nn2C1CCCCO1. The number of aromatic nitrogens is 3. The van der Waals surface area contributed by atoms with Gasteiger partial charge in [0.1, 0.15) is 18.1 Å². The summed E-state index contributed by atoms with van der Waals surface area (Å²) in [5, 5.41) is 18.2. The second kappa shape index (κ2) is 12.7. The highest BCUT2D eigenvalue weighted by Crippen LogP contribution is 2.34. The third kappa shape index (κ3) is 6.74. The molecule has 1 saturated heterocycles. The van der Waals surface area contributed by atoms with Crippen molar-refractivity contribution >= 4 is 17.1 Å². The van der Waals surface area contributed by atoms with Crippen LogP contribution < -0.4 is 10.1 Å². The topological polar surface area (TPSA) is 108 Å². The minimum Gasteiger partial charge on any atom is -0.489 e. The number of hydrogen-bond donors (Lipinski definition) is 2. The highest BCUT2D eigenvalue weighted by atomic mass is 16.5. The Morgan fingerprint density at radius 2 is 2.00 bits per heavy atom. The molecule has 2 unspecified atom stereocenters. The molecule has 1 fully saturated rings. The lowest BCUT2D eigenvalue weighted by atomic mass is 10.1. The first-order valence-electron chi connectivity index (χ1n) is 13.4. The average Bonchev–Trinajstić information content (AvgIpc) is 3.36. The molecule has 204 valence electrons. The van der Waals surface area contributed by atoms with Crippen LogP contribution in [-0.4, -0.2) is 45.2 Å². The first kappa shape index (κ1) is 26.6. The number of ether oxygens (including phenoxy) is 3. The van der Waals surface area contributed by atoms with Crippen molar-refractivity contribution in [2.45, 2.75) is 58.2 Å². The van der Waals surface area contributed by atoms with Gasteiger partial charge in [-0.2, -0.15) is 5.10 Å². The highest BCUT2D eigenvalue weighted by molar-refractivity contribution is 5.92. The maximum absolute atomic E-state index is 12.0. The molecule has 0 saturated carbocycles. The average molecular weight is 531 g/mol. The molecule has 5 rings (SSSR count). The molecular weight excluding hydrogens is 496 g/mol. The van der Waals surface area contributed by atoms with Gasteiger partial charge in [0.25, 0.3) is 0 Å². The molecule has 9 heteroatoms. The van der Waals surface area contributed by atoms with Crippen LogP contribution in [0.4, 0.5) is 4.79 Å². The molecule has 0 spiro atoms. The van der Waals surface area contributed by atoms with Gasteiger partial charge in [-0.25, -0.2) is 14.5 Å². The number of aliphatic hydroxyl groups excluding tert-OH is 1. The Hall–Kier alpha value is -3.95. The predicted octanol–water partition coefficient (Wildman–Crippen LogP) is 5.37. The summed E-state index contributed by atoms with van der Waals surface area (Å²) < 4.78 is 19.3. The van der Waals surface area contributed by atoms with E-state index in [-0.39, 0.29) is 25.5 Å². The molecule has 4 aromatic rings. The number of alkyl carbamates (subject to hydrolysis) is 1. The number of pyridine rings is 1. The van der Waals surface area contributed by atoms with Gasteiger partial charge in [-0.1, -0.05) is 48.5 Å². The fourth-order valence-electron chi connectivity index (χ4n) is 4.66. The maximum Gasteiger partial charge on any atom is 0.407 e. The standard InChI is InChI=1S/C30H34N4O5/c1-21(13-14-31-30(36)38-20-22-8-3-2-4-9-22)39-25-17-26-28(24-11-7-10-23(16-24)19-35)33-34(29(26)32-18-25)27-12-5-6-15-37-27/h2-4,7-11,16-18,21,27,35H,5-6,12-15,19-20H2,1H3,(H,31,36). The van der Waals surface area contributed by atoms with E-state index in [4.69, 9.17) is 24.3 Å². The maximum atomic E-state index is 12.0. The van der Waals surface area contributed by atoms with Crippen molar-refractivity contribution < 1.29 is 24.1 Å². The Morgan fingerprint density at radius 3 is 2.79 bits per heavy atom. The summed E-state index contributed by atoms with van der Waals surface area (Å²) in [7, 11) is 0. The first-order chi connectivity index (χ1) is 19.1. The van der Waals surface area contributed by atoms with Crippen LogP contribution in [0.3, 0.4) is 0 Å². The van der Waals surface area contributed by atoms with Crippen LogP contribution in [0, 0.1) is 0 Å². The largest absolute Gasteiger partial charge is 0.489 e. The van der Waals surface area contributed by atoms with Crippen LogP contribution in [0.15, 0.2) is 66.9 Å². The third-order valence-electron chi connectivity index (χ3n) is 6.70. The van der Waals surface area contributed by atoms with Crippen LogP contribution in [0.5, 0.6) is 5.75 Å². The fraction of sp³-hybridized carbons (Fsp3) is 0.367. The van der Waals surface area contributed by atoms with Crippen molar-refractivity contribution in [1.82, 2.24) is 20.1 Å². The normalized spacial score (nSPS) is 16.1. The van der Waals surface area contributed by atoms with Gasteiger partial charge in [-0.05, 0) is 49.4 Å². The number of carbonyl (C=O) groups is 1. The van der Waals surface area contributed by atoms with E-state index in [0.717, 1.165) is 52.7 Å². The molecule has 0 aliphatic carbocycles. The van der Waals surface area contributed by atoms with Crippen molar-refractivity contribution in [3.8, 4) is 17.0 Å². The van der Waals surface area contributed by atoms with Gasteiger partial charge in [0.15, 0.2) is 11.9 Å². The number of benzene rings is 2. The number of rotatable bonds is 10. The molecule has 1 aliphatic rings. The van der Waals surface area contributed by atoms with Gasteiger partial charge in [-0.3, -0.25) is 0 Å². The number of aliphatic hydroxyl groups is 1. The summed E-state index contributed by atoms with van der Waals surface area (Å²) in [6.07, 6.45) is 4.51. The first-order valence-corrected chi connectivity index (χ1v) is 13.4. The van der Waals surface area contributed by atoms with Gasteiger partial charge in [0.2, 0.25) is 0 Å². The molecule has 2 aromatic carbocycles. The van der Waals surface area contributed by atoms with E-state index >= 15 is 0 Å². The number of hydrogen-bond acceptors (Lipinski definition) is 7. The van der Waals surface area contributed by atoms with Gasteiger partial charge in [0.05, 0.1) is 24.3 Å². The lowest BCUT2D eigenvalue weighted by Crippen LogP contribution is -2.28. The zero-order chi connectivity index (χ0) is 27.0. The monoisotopic (exact) mass is 530 g/mol. The molecule has 2 atom stereocenters. The predicted molar refractivity (Wildman–Crippen MR) is 147 cm³/mol. The molecule has 2 aromatic heterocycles. The smallest absolute Gasteiger partial charge is 0.407 e. The molecule has 2 N–H and O–H groups in total. The molecule has 1 aliphatic heterocycles. The summed E-state index contributed by atoms with van der Waals surface area (Å²) in [5.74, 6) is 0.616. The van der Waals surface area contributed by atoms with E-state index in [1.165, 1.54) is 0 Å². The summed E-state index contributed by atoms with van der Waals surface area (Å²) >= 11 is 0. The molecular formula is C30H34N4O5. The molecule has 9 nitrogen and oxygen atoms in total. The lowest BCUT2D eigenvalue weighted by Gasteiger charge is -2.23. The Bertz CT molecular complexity index is 1380. The van der Waals surface area contributed by atoms with Crippen LogP contribution in [0.1, 0.15) is 50.0 Å². The third-order valence-corrected chi connectivity index (χ3v) is 6.70. The summed E-state index contributed by atoms with van der Waals surface area (Å²) in [5.41, 5.74) is 4.14. The number of nitrogens with zero attached hydrogens (tertiary/aromatic N) is 3. The minimum atomic E-state index is -0.457. The quantitative estimate of drug-likeness (QED) is 0.284. The van der Waals surface area contributed by atoms with Gasteiger partial charge >= 0.3 is 6.09 Å². The molecule has 0 radical (unpaired) electrons. The van der Waals surface area contributed by atoms with Crippen LogP contribution in [0.25, 0.3) is 22.3 Å². The van der Waals surface area contributed by atoms with Crippen LogP contribution in [0.2, 0.25) is 0 Å². The van der Waals surface area contributed by atoms with E-state index in [1.54, 1.807) is 6.20 Å². The zero-order valence-corrected chi connectivity index (χ0v) is 22.1. The van der Waals surface area contributed by atoms with Crippen molar-refractivity contribution in [2.75, 3.05) is 13.2 Å². The lowest BCUT2D eigenvalue weighted by molar-refractivity contribution is -0.0368. The summed E-state index contributed by atoms with van der Waals surface area (Å²) in [6, 6.07) is 19.2. The number of amides is 1. The Morgan fingerprint density at radius 1 is 1.15 bits per heavy atom. The van der Waals surface area contributed by atoms with Crippen LogP contribution in [-0.2, 0) is 22.7 Å². The minimum absolute atomic E-state index is 0.0455. The zero-order valence-electron chi connectivity index (χ0n) is 22.1. The van der Waals surface area contributed by atoms with E-state index < -0.39 is 6.09 Å². The van der Waals surface area contributed by atoms with Crippen molar-refractivity contribution in [3.63, 3.8) is 0 Å². The number of carbonyl (C=O) groups excluding carboxylic acids is 1. The second-order valence-corrected chi connectivity index (χ2v) is 9.72. The summed E-state index contributed by atoms with van der Waals surface area (Å²) in [6.45, 7) is 3.25. The Labute approximate surface area is 227 Å². The number of nitrogens with one attached hydrogen (secondary N) is 1. The van der Waals surface area contributed by atoms with Crippen molar-refractivity contribution in [1.29, 1.82) is 0 Å². The molecule has 1 amide bonds. The number of fused-ring (bicyclic) bond motifs is 1. The van der Waals surface area contributed by atoms with Gasteiger partial charge in [-0.15, -0.1) is 0 Å².